The molecule has 0 unspecified atom stereocenters. The monoisotopic (exact) mass is 250 g/mol. The molecule has 0 saturated carbocycles. The molecule has 4 nitrogen and oxygen atoms in total. The summed E-state index contributed by atoms with van der Waals surface area (Å²) >= 11 is 5.92. The summed E-state index contributed by atoms with van der Waals surface area (Å²) in [6.07, 6.45) is 5.02. The van der Waals surface area contributed by atoms with Gasteiger partial charge in [-0.15, -0.1) is 11.6 Å². The summed E-state index contributed by atoms with van der Waals surface area (Å²) in [6.45, 7) is 5.17. The Hall–Kier alpha value is -1.42. The Balaban J connectivity index is 2.34. The predicted molar refractivity (Wildman–Crippen MR) is 67.6 cm³/mol. The van der Waals surface area contributed by atoms with Gasteiger partial charge < -0.3 is 0 Å². The van der Waals surface area contributed by atoms with Crippen LogP contribution in [0, 0.1) is 5.92 Å². The molecule has 0 radical (unpaired) electrons. The zero-order chi connectivity index (χ0) is 12.3. The summed E-state index contributed by atoms with van der Waals surface area (Å²) in [5, 5.41) is 4.52. The molecule has 0 fully saturated rings. The van der Waals surface area contributed by atoms with E-state index in [-0.39, 0.29) is 0 Å². The summed E-state index contributed by atoms with van der Waals surface area (Å²) in [4.78, 5) is 8.28. The fraction of sp³-hybridized carbons (Fsp3) is 0.417. The number of hydrogen-bond donors (Lipinski definition) is 0. The molecule has 0 aliphatic rings. The average molecular weight is 251 g/mol. The first-order chi connectivity index (χ1) is 8.20. The van der Waals surface area contributed by atoms with Crippen LogP contribution >= 0.6 is 11.6 Å². The second-order valence-corrected chi connectivity index (χ2v) is 4.59. The van der Waals surface area contributed by atoms with Gasteiger partial charge in [-0.05, 0) is 12.0 Å². The molecule has 0 atom stereocenters. The van der Waals surface area contributed by atoms with E-state index in [2.05, 4.69) is 28.9 Å². The summed E-state index contributed by atoms with van der Waals surface area (Å²) in [5.41, 5.74) is 2.62. The van der Waals surface area contributed by atoms with Crippen LogP contribution in [0.2, 0.25) is 0 Å². The van der Waals surface area contributed by atoms with Crippen molar-refractivity contribution in [3.63, 3.8) is 0 Å². The fourth-order valence-corrected chi connectivity index (χ4v) is 1.84. The van der Waals surface area contributed by atoms with Crippen LogP contribution in [0.4, 0.5) is 0 Å². The SMILES string of the molecule is CC(C)Cn1nc(-c2cnccn2)cc1CCl. The molecule has 0 aliphatic carbocycles. The van der Waals surface area contributed by atoms with Crippen LogP contribution in [0.5, 0.6) is 0 Å². The van der Waals surface area contributed by atoms with Gasteiger partial charge in [0.15, 0.2) is 0 Å². The van der Waals surface area contributed by atoms with Gasteiger partial charge in [0.25, 0.3) is 0 Å². The van der Waals surface area contributed by atoms with Crippen molar-refractivity contribution in [1.29, 1.82) is 0 Å². The molecule has 2 aromatic heterocycles. The van der Waals surface area contributed by atoms with E-state index in [4.69, 9.17) is 11.6 Å². The third-order valence-corrected chi connectivity index (χ3v) is 2.64. The standard InChI is InChI=1S/C12H15ClN4/c1-9(2)8-17-10(6-13)5-11(16-17)12-7-14-3-4-15-12/h3-5,7,9H,6,8H2,1-2H3. The van der Waals surface area contributed by atoms with Crippen LogP contribution in [0.25, 0.3) is 11.4 Å². The Bertz CT molecular complexity index is 479. The third-order valence-electron chi connectivity index (χ3n) is 2.36. The number of aromatic nitrogens is 4. The van der Waals surface area contributed by atoms with Crippen LogP contribution in [-0.4, -0.2) is 19.7 Å². The summed E-state index contributed by atoms with van der Waals surface area (Å²) in [6, 6.07) is 1.97. The Morgan fingerprint density at radius 3 is 2.71 bits per heavy atom. The van der Waals surface area contributed by atoms with Crippen molar-refractivity contribution in [3.8, 4) is 11.4 Å². The lowest BCUT2D eigenvalue weighted by Gasteiger charge is -2.07. The van der Waals surface area contributed by atoms with Crippen LogP contribution in [0.3, 0.4) is 0 Å². The van der Waals surface area contributed by atoms with Crippen molar-refractivity contribution in [2.24, 2.45) is 5.92 Å². The Morgan fingerprint density at radius 1 is 1.29 bits per heavy atom. The molecule has 90 valence electrons. The van der Waals surface area contributed by atoms with Crippen LogP contribution in [0.15, 0.2) is 24.7 Å². The number of alkyl halides is 1. The van der Waals surface area contributed by atoms with Crippen molar-refractivity contribution in [2.75, 3.05) is 0 Å². The molecule has 2 heterocycles. The minimum Gasteiger partial charge on any atom is -0.267 e. The first kappa shape index (κ1) is 12.0. The highest BCUT2D eigenvalue weighted by Gasteiger charge is 2.10. The van der Waals surface area contributed by atoms with Crippen molar-refractivity contribution >= 4 is 11.6 Å². The molecule has 0 aliphatic heterocycles. The van der Waals surface area contributed by atoms with E-state index in [1.807, 2.05) is 10.7 Å². The van der Waals surface area contributed by atoms with Crippen LogP contribution < -0.4 is 0 Å². The summed E-state index contributed by atoms with van der Waals surface area (Å²) in [7, 11) is 0. The normalized spacial score (nSPS) is 11.1. The quantitative estimate of drug-likeness (QED) is 0.784. The minimum atomic E-state index is 0.458. The Labute approximate surface area is 106 Å². The lowest BCUT2D eigenvalue weighted by atomic mass is 10.2. The molecular weight excluding hydrogens is 236 g/mol. The first-order valence-corrected chi connectivity index (χ1v) is 6.13. The second kappa shape index (κ2) is 5.27. The van der Waals surface area contributed by atoms with Gasteiger partial charge in [-0.2, -0.15) is 5.10 Å². The fourth-order valence-electron chi connectivity index (χ4n) is 1.62. The molecule has 5 heteroatoms. The molecule has 17 heavy (non-hydrogen) atoms. The van der Waals surface area contributed by atoms with Gasteiger partial charge in [0.05, 0.1) is 17.8 Å². The van der Waals surface area contributed by atoms with Gasteiger partial charge in [-0.1, -0.05) is 13.8 Å². The van der Waals surface area contributed by atoms with E-state index in [1.165, 1.54) is 0 Å². The van der Waals surface area contributed by atoms with Gasteiger partial charge in [-0.3, -0.25) is 14.6 Å². The number of hydrogen-bond acceptors (Lipinski definition) is 3. The van der Waals surface area contributed by atoms with Gasteiger partial charge in [0, 0.05) is 18.9 Å². The smallest absolute Gasteiger partial charge is 0.113 e. The maximum atomic E-state index is 5.92. The van der Waals surface area contributed by atoms with Crippen LogP contribution in [-0.2, 0) is 12.4 Å². The van der Waals surface area contributed by atoms with Crippen molar-refractivity contribution in [1.82, 2.24) is 19.7 Å². The molecule has 0 spiro atoms. The number of nitrogens with zero attached hydrogens (tertiary/aromatic N) is 4. The Morgan fingerprint density at radius 2 is 2.12 bits per heavy atom. The molecule has 0 bridgehead atoms. The molecule has 0 N–H and O–H groups in total. The third kappa shape index (κ3) is 2.82. The van der Waals surface area contributed by atoms with Gasteiger partial charge in [0.2, 0.25) is 0 Å². The maximum Gasteiger partial charge on any atom is 0.113 e. The van der Waals surface area contributed by atoms with Crippen molar-refractivity contribution < 1.29 is 0 Å². The van der Waals surface area contributed by atoms with Crippen molar-refractivity contribution in [3.05, 3.63) is 30.4 Å². The minimum absolute atomic E-state index is 0.458. The number of rotatable bonds is 4. The lowest BCUT2D eigenvalue weighted by Crippen LogP contribution is -2.08. The van der Waals surface area contributed by atoms with Gasteiger partial charge in [0.1, 0.15) is 11.4 Å². The average Bonchev–Trinajstić information content (AvgIpc) is 2.72. The predicted octanol–water partition coefficient (Wildman–Crippen LogP) is 2.73. The lowest BCUT2D eigenvalue weighted by molar-refractivity contribution is 0.474. The Kier molecular flexibility index (Phi) is 3.74. The van der Waals surface area contributed by atoms with E-state index in [9.17, 15) is 0 Å². The van der Waals surface area contributed by atoms with Gasteiger partial charge in [-0.25, -0.2) is 0 Å². The molecule has 2 aromatic rings. The van der Waals surface area contributed by atoms with E-state index < -0.39 is 0 Å². The molecule has 0 aromatic carbocycles. The molecule has 0 saturated heterocycles. The maximum absolute atomic E-state index is 5.92. The zero-order valence-corrected chi connectivity index (χ0v) is 10.7. The second-order valence-electron chi connectivity index (χ2n) is 4.32. The van der Waals surface area contributed by atoms with E-state index in [0.717, 1.165) is 23.6 Å². The highest BCUT2D eigenvalue weighted by Crippen LogP contribution is 2.18. The number of halogens is 1. The van der Waals surface area contributed by atoms with Gasteiger partial charge >= 0.3 is 0 Å². The summed E-state index contributed by atoms with van der Waals surface area (Å²) in [5.74, 6) is 0.992. The topological polar surface area (TPSA) is 43.6 Å². The highest BCUT2D eigenvalue weighted by molar-refractivity contribution is 6.16. The van der Waals surface area contributed by atoms with Crippen LogP contribution in [0.1, 0.15) is 19.5 Å². The molecular formula is C12H15ClN4. The first-order valence-electron chi connectivity index (χ1n) is 5.59. The highest BCUT2D eigenvalue weighted by atomic mass is 35.5. The van der Waals surface area contributed by atoms with E-state index >= 15 is 0 Å². The van der Waals surface area contributed by atoms with Crippen molar-refractivity contribution in [2.45, 2.75) is 26.3 Å². The van der Waals surface area contributed by atoms with E-state index in [1.54, 1.807) is 18.6 Å². The van der Waals surface area contributed by atoms with E-state index in [0.29, 0.717) is 11.8 Å². The molecule has 0 amide bonds. The molecule has 2 rings (SSSR count). The zero-order valence-electron chi connectivity index (χ0n) is 9.97. The summed E-state index contributed by atoms with van der Waals surface area (Å²) < 4.78 is 1.95. The largest absolute Gasteiger partial charge is 0.267 e.